The normalized spacial score (nSPS) is 15.8. The zero-order valence-corrected chi connectivity index (χ0v) is 14.2. The van der Waals surface area contributed by atoms with Gasteiger partial charge in [-0.3, -0.25) is 24.1 Å². The summed E-state index contributed by atoms with van der Waals surface area (Å²) >= 11 is 0.763. The molecular formula is C16H18N2O6S. The Morgan fingerprint density at radius 2 is 2.08 bits per heavy atom. The van der Waals surface area contributed by atoms with Crippen molar-refractivity contribution in [3.8, 4) is 0 Å². The van der Waals surface area contributed by atoms with E-state index < -0.39 is 23.0 Å². The van der Waals surface area contributed by atoms with Crippen LogP contribution in [-0.4, -0.2) is 46.1 Å². The van der Waals surface area contributed by atoms with Crippen LogP contribution < -0.4 is 5.32 Å². The number of carbonyl (C=O) groups is 4. The standard InChI is InChI=1S/C16H18N2O6S/c19-13(17-7-3-1-2-6-14(20)21)10-18-15(22)12(25-16(18)23)9-11-5-4-8-24-11/h4-5,8-9H,1-3,6-7,10H2,(H,17,19)(H,20,21)/b12-9-. The molecule has 0 radical (unpaired) electrons. The van der Waals surface area contributed by atoms with Crippen molar-refractivity contribution >= 4 is 40.9 Å². The molecule has 0 saturated carbocycles. The van der Waals surface area contributed by atoms with Crippen molar-refractivity contribution in [2.45, 2.75) is 25.7 Å². The van der Waals surface area contributed by atoms with Crippen molar-refractivity contribution in [1.29, 1.82) is 0 Å². The SMILES string of the molecule is O=C(O)CCCCCNC(=O)CN1C(=O)S/C(=C\c2ccco2)C1=O. The van der Waals surface area contributed by atoms with Crippen molar-refractivity contribution in [2.75, 3.05) is 13.1 Å². The highest BCUT2D eigenvalue weighted by atomic mass is 32.2. The Hall–Kier alpha value is -2.55. The van der Waals surface area contributed by atoms with E-state index >= 15 is 0 Å². The fourth-order valence-corrected chi connectivity index (χ4v) is 2.96. The van der Waals surface area contributed by atoms with E-state index in [0.717, 1.165) is 16.7 Å². The zero-order valence-electron chi connectivity index (χ0n) is 13.4. The molecule has 8 nitrogen and oxygen atoms in total. The molecule has 2 heterocycles. The number of aliphatic carboxylic acids is 1. The lowest BCUT2D eigenvalue weighted by molar-refractivity contribution is -0.137. The van der Waals surface area contributed by atoms with Gasteiger partial charge in [-0.2, -0.15) is 0 Å². The zero-order chi connectivity index (χ0) is 18.2. The van der Waals surface area contributed by atoms with E-state index in [4.69, 9.17) is 9.52 Å². The van der Waals surface area contributed by atoms with E-state index in [-0.39, 0.29) is 17.9 Å². The summed E-state index contributed by atoms with van der Waals surface area (Å²) in [5.74, 6) is -1.34. The van der Waals surface area contributed by atoms with Gasteiger partial charge in [0.1, 0.15) is 12.3 Å². The summed E-state index contributed by atoms with van der Waals surface area (Å²) in [6.45, 7) is 0.0339. The lowest BCUT2D eigenvalue weighted by Gasteiger charge is -2.12. The van der Waals surface area contributed by atoms with Crippen molar-refractivity contribution in [3.05, 3.63) is 29.1 Å². The Morgan fingerprint density at radius 3 is 2.76 bits per heavy atom. The van der Waals surface area contributed by atoms with Gasteiger partial charge in [-0.05, 0) is 36.7 Å². The van der Waals surface area contributed by atoms with Crippen LogP contribution in [0.3, 0.4) is 0 Å². The maximum Gasteiger partial charge on any atom is 0.303 e. The fraction of sp³-hybridized carbons (Fsp3) is 0.375. The molecule has 1 saturated heterocycles. The summed E-state index contributed by atoms with van der Waals surface area (Å²) in [5.41, 5.74) is 0. The number of carboxylic acid groups (broad SMARTS) is 1. The molecule has 9 heteroatoms. The number of carboxylic acids is 1. The van der Waals surface area contributed by atoms with Gasteiger partial charge in [0.25, 0.3) is 11.1 Å². The minimum absolute atomic E-state index is 0.104. The van der Waals surface area contributed by atoms with Gasteiger partial charge < -0.3 is 14.8 Å². The van der Waals surface area contributed by atoms with E-state index in [2.05, 4.69) is 5.32 Å². The van der Waals surface area contributed by atoms with Gasteiger partial charge in [0.05, 0.1) is 11.2 Å². The van der Waals surface area contributed by atoms with Gasteiger partial charge in [0.2, 0.25) is 5.91 Å². The van der Waals surface area contributed by atoms with E-state index in [1.807, 2.05) is 0 Å². The molecule has 3 amide bonds. The number of carbonyl (C=O) groups excluding carboxylic acids is 3. The monoisotopic (exact) mass is 366 g/mol. The molecule has 1 aliphatic heterocycles. The molecule has 0 atom stereocenters. The average molecular weight is 366 g/mol. The number of furan rings is 1. The van der Waals surface area contributed by atoms with E-state index in [1.54, 1.807) is 12.1 Å². The van der Waals surface area contributed by atoms with Crippen LogP contribution in [0.5, 0.6) is 0 Å². The Kier molecular flexibility index (Phi) is 6.81. The van der Waals surface area contributed by atoms with E-state index in [9.17, 15) is 19.2 Å². The summed E-state index contributed by atoms with van der Waals surface area (Å²) < 4.78 is 5.11. The second-order valence-electron chi connectivity index (χ2n) is 5.34. The molecule has 134 valence electrons. The predicted molar refractivity (Wildman–Crippen MR) is 90.5 cm³/mol. The van der Waals surface area contributed by atoms with Crippen LogP contribution in [0.1, 0.15) is 31.4 Å². The van der Waals surface area contributed by atoms with Gasteiger partial charge in [-0.25, -0.2) is 0 Å². The molecule has 0 aliphatic carbocycles. The highest BCUT2D eigenvalue weighted by Gasteiger charge is 2.36. The van der Waals surface area contributed by atoms with E-state index in [1.165, 1.54) is 12.3 Å². The Labute approximate surface area is 148 Å². The van der Waals surface area contributed by atoms with Crippen molar-refractivity contribution < 1.29 is 28.7 Å². The molecule has 0 aromatic carbocycles. The van der Waals surface area contributed by atoms with Gasteiger partial charge >= 0.3 is 5.97 Å². The summed E-state index contributed by atoms with van der Waals surface area (Å²) in [4.78, 5) is 47.4. The molecule has 2 rings (SSSR count). The largest absolute Gasteiger partial charge is 0.481 e. The summed E-state index contributed by atoms with van der Waals surface area (Å²) in [7, 11) is 0. The van der Waals surface area contributed by atoms with E-state index in [0.29, 0.717) is 31.6 Å². The molecule has 1 aromatic heterocycles. The number of imide groups is 1. The predicted octanol–water partition coefficient (Wildman–Crippen LogP) is 2.08. The third-order valence-electron chi connectivity index (χ3n) is 3.38. The smallest absolute Gasteiger partial charge is 0.303 e. The molecule has 2 N–H and O–H groups in total. The Morgan fingerprint density at radius 1 is 1.28 bits per heavy atom. The van der Waals surface area contributed by atoms with Crippen molar-refractivity contribution in [1.82, 2.24) is 10.2 Å². The Bertz CT molecular complexity index is 683. The third-order valence-corrected chi connectivity index (χ3v) is 4.29. The fourth-order valence-electron chi connectivity index (χ4n) is 2.14. The maximum absolute atomic E-state index is 12.2. The number of nitrogens with zero attached hydrogens (tertiary/aromatic N) is 1. The number of hydrogen-bond acceptors (Lipinski definition) is 6. The second-order valence-corrected chi connectivity index (χ2v) is 6.33. The van der Waals surface area contributed by atoms with Crippen LogP contribution in [0.4, 0.5) is 4.79 Å². The van der Waals surface area contributed by atoms with Crippen LogP contribution in [0.25, 0.3) is 6.08 Å². The second kappa shape index (κ2) is 9.07. The number of unbranched alkanes of at least 4 members (excludes halogenated alkanes) is 2. The molecule has 0 bridgehead atoms. The lowest BCUT2D eigenvalue weighted by Crippen LogP contribution is -2.39. The number of nitrogens with one attached hydrogen (secondary N) is 1. The van der Waals surface area contributed by atoms with Crippen LogP contribution in [0.15, 0.2) is 27.7 Å². The first kappa shape index (κ1) is 18.8. The average Bonchev–Trinajstić information content (AvgIpc) is 3.15. The van der Waals surface area contributed by atoms with Crippen LogP contribution in [0, 0.1) is 0 Å². The van der Waals surface area contributed by atoms with Gasteiger partial charge in [-0.15, -0.1) is 0 Å². The highest BCUT2D eigenvalue weighted by Crippen LogP contribution is 2.31. The molecule has 25 heavy (non-hydrogen) atoms. The molecular weight excluding hydrogens is 348 g/mol. The maximum atomic E-state index is 12.2. The first-order chi connectivity index (χ1) is 12.0. The molecule has 1 aromatic rings. The first-order valence-electron chi connectivity index (χ1n) is 7.74. The van der Waals surface area contributed by atoms with Crippen LogP contribution >= 0.6 is 11.8 Å². The summed E-state index contributed by atoms with van der Waals surface area (Å²) in [6.07, 6.45) is 4.89. The van der Waals surface area contributed by atoms with Crippen LogP contribution in [0.2, 0.25) is 0 Å². The number of rotatable bonds is 9. The van der Waals surface area contributed by atoms with Crippen molar-refractivity contribution in [2.24, 2.45) is 0 Å². The molecule has 0 unspecified atom stereocenters. The van der Waals surface area contributed by atoms with Gasteiger partial charge in [-0.1, -0.05) is 6.42 Å². The Balaban J connectivity index is 1.76. The quantitative estimate of drug-likeness (QED) is 0.507. The summed E-state index contributed by atoms with van der Waals surface area (Å²) in [6, 6.07) is 3.32. The number of amides is 3. The van der Waals surface area contributed by atoms with Gasteiger partial charge in [0.15, 0.2) is 0 Å². The topological polar surface area (TPSA) is 117 Å². The van der Waals surface area contributed by atoms with Crippen molar-refractivity contribution in [3.63, 3.8) is 0 Å². The first-order valence-corrected chi connectivity index (χ1v) is 8.56. The molecule has 1 fully saturated rings. The third kappa shape index (κ3) is 5.79. The molecule has 1 aliphatic rings. The molecule has 0 spiro atoms. The van der Waals surface area contributed by atoms with Gasteiger partial charge in [0, 0.05) is 19.0 Å². The van der Waals surface area contributed by atoms with Crippen LogP contribution in [-0.2, 0) is 14.4 Å². The lowest BCUT2D eigenvalue weighted by atomic mass is 10.2. The number of thioether (sulfide) groups is 1. The number of hydrogen-bond donors (Lipinski definition) is 2. The highest BCUT2D eigenvalue weighted by molar-refractivity contribution is 8.18. The minimum atomic E-state index is -0.842. The summed E-state index contributed by atoms with van der Waals surface area (Å²) in [5, 5.41) is 10.6. The minimum Gasteiger partial charge on any atom is -0.481 e.